The standard InChI is InChI=1S/C13H14BO3S/c15-14(16)12-8-6-11(7-9-12)10-18(17)13-4-2-1-3-5-13/h1-9,15-17H,10H2/q+1. The van der Waals surface area contributed by atoms with Gasteiger partial charge in [-0.15, -0.1) is 0 Å². The van der Waals surface area contributed by atoms with E-state index in [2.05, 4.69) is 0 Å². The van der Waals surface area contributed by atoms with Gasteiger partial charge in [0, 0.05) is 5.56 Å². The first-order chi connectivity index (χ1) is 8.66. The second-order valence-electron chi connectivity index (χ2n) is 3.94. The highest BCUT2D eigenvalue weighted by molar-refractivity contribution is 7.90. The van der Waals surface area contributed by atoms with Gasteiger partial charge in [0.15, 0.2) is 21.8 Å². The Bertz CT molecular complexity index is 487. The highest BCUT2D eigenvalue weighted by Gasteiger charge is 2.20. The molecule has 0 spiro atoms. The van der Waals surface area contributed by atoms with Gasteiger partial charge in [0.05, 0.1) is 0 Å². The molecule has 0 aliphatic heterocycles. The average molecular weight is 261 g/mol. The fraction of sp³-hybridized carbons (Fsp3) is 0.0769. The third-order valence-corrected chi connectivity index (χ3v) is 4.02. The van der Waals surface area contributed by atoms with Crippen LogP contribution in [0.25, 0.3) is 0 Å². The van der Waals surface area contributed by atoms with Gasteiger partial charge in [-0.2, -0.15) is 4.55 Å². The Morgan fingerprint density at radius 1 is 0.889 bits per heavy atom. The molecule has 0 bridgehead atoms. The first-order valence-corrected chi connectivity index (χ1v) is 6.92. The van der Waals surface area contributed by atoms with Crippen LogP contribution in [-0.4, -0.2) is 21.7 Å². The number of hydrogen-bond donors (Lipinski definition) is 3. The Morgan fingerprint density at radius 3 is 2.06 bits per heavy atom. The van der Waals surface area contributed by atoms with Gasteiger partial charge < -0.3 is 10.0 Å². The Labute approximate surface area is 109 Å². The maximum atomic E-state index is 10.1. The van der Waals surface area contributed by atoms with Gasteiger partial charge in [0.25, 0.3) is 0 Å². The smallest absolute Gasteiger partial charge is 0.423 e. The molecule has 0 aromatic heterocycles. The van der Waals surface area contributed by atoms with Crippen molar-refractivity contribution >= 4 is 23.8 Å². The summed E-state index contributed by atoms with van der Waals surface area (Å²) in [5.41, 5.74) is 1.42. The Hall–Kier alpha value is -1.27. The van der Waals surface area contributed by atoms with E-state index in [1.165, 1.54) is 0 Å². The number of hydrogen-bond acceptors (Lipinski definition) is 3. The van der Waals surface area contributed by atoms with Crippen LogP contribution in [0, 0.1) is 0 Å². The molecule has 0 heterocycles. The molecular formula is C13H14BO3S+. The molecule has 0 aliphatic rings. The molecule has 92 valence electrons. The molecule has 0 aliphatic carbocycles. The molecule has 2 rings (SSSR count). The second kappa shape index (κ2) is 6.06. The predicted octanol–water partition coefficient (Wildman–Crippen LogP) is 1.02. The van der Waals surface area contributed by atoms with Crippen LogP contribution in [-0.2, 0) is 16.9 Å². The maximum absolute atomic E-state index is 10.1. The van der Waals surface area contributed by atoms with Gasteiger partial charge in [-0.3, -0.25) is 0 Å². The summed E-state index contributed by atoms with van der Waals surface area (Å²) in [5, 5.41) is 18.0. The molecule has 1 unspecified atom stereocenters. The molecule has 3 nitrogen and oxygen atoms in total. The Balaban J connectivity index is 2.05. The highest BCUT2D eigenvalue weighted by atomic mass is 32.2. The summed E-state index contributed by atoms with van der Waals surface area (Å²) < 4.78 is 10.1. The van der Waals surface area contributed by atoms with E-state index in [9.17, 15) is 4.55 Å². The second-order valence-corrected chi connectivity index (χ2v) is 5.43. The molecule has 2 aromatic carbocycles. The zero-order valence-corrected chi connectivity index (χ0v) is 10.5. The van der Waals surface area contributed by atoms with Crippen molar-refractivity contribution in [1.82, 2.24) is 0 Å². The van der Waals surface area contributed by atoms with Crippen LogP contribution in [0.2, 0.25) is 0 Å². The zero-order chi connectivity index (χ0) is 13.0. The minimum atomic E-state index is -1.44. The average Bonchev–Trinajstić information content (AvgIpc) is 2.40. The van der Waals surface area contributed by atoms with Crippen LogP contribution in [0.3, 0.4) is 0 Å². The van der Waals surface area contributed by atoms with E-state index >= 15 is 0 Å². The lowest BCUT2D eigenvalue weighted by Crippen LogP contribution is -2.29. The van der Waals surface area contributed by atoms with Gasteiger partial charge in [-0.1, -0.05) is 42.5 Å². The Kier molecular flexibility index (Phi) is 4.44. The topological polar surface area (TPSA) is 60.7 Å². The summed E-state index contributed by atoms with van der Waals surface area (Å²) in [7, 11) is -1.44. The molecule has 1 atom stereocenters. The van der Waals surface area contributed by atoms with Gasteiger partial charge in [-0.05, 0) is 17.6 Å². The molecule has 0 saturated heterocycles. The van der Waals surface area contributed by atoms with Crippen LogP contribution in [0.1, 0.15) is 5.56 Å². The van der Waals surface area contributed by atoms with E-state index in [0.29, 0.717) is 11.2 Å². The van der Waals surface area contributed by atoms with E-state index < -0.39 is 18.3 Å². The van der Waals surface area contributed by atoms with Crippen molar-refractivity contribution in [2.24, 2.45) is 0 Å². The zero-order valence-electron chi connectivity index (χ0n) is 9.73. The summed E-state index contributed by atoms with van der Waals surface area (Å²) in [5.74, 6) is 0.534. The van der Waals surface area contributed by atoms with E-state index in [1.54, 1.807) is 24.3 Å². The van der Waals surface area contributed by atoms with Crippen LogP contribution >= 0.6 is 0 Å². The van der Waals surface area contributed by atoms with Crippen LogP contribution in [0.15, 0.2) is 59.5 Å². The normalized spacial score (nSPS) is 12.2. The largest absolute Gasteiger partial charge is 0.488 e. The van der Waals surface area contributed by atoms with Crippen molar-refractivity contribution in [1.29, 1.82) is 0 Å². The molecule has 18 heavy (non-hydrogen) atoms. The van der Waals surface area contributed by atoms with Crippen molar-refractivity contribution < 1.29 is 14.6 Å². The molecule has 0 radical (unpaired) electrons. The van der Waals surface area contributed by atoms with Crippen molar-refractivity contribution in [3.05, 3.63) is 60.2 Å². The Morgan fingerprint density at radius 2 is 1.50 bits per heavy atom. The minimum Gasteiger partial charge on any atom is -0.423 e. The third-order valence-electron chi connectivity index (χ3n) is 2.60. The lowest BCUT2D eigenvalue weighted by molar-refractivity contribution is 0.426. The van der Waals surface area contributed by atoms with Gasteiger partial charge >= 0.3 is 7.12 Å². The quantitative estimate of drug-likeness (QED) is 0.568. The first-order valence-electron chi connectivity index (χ1n) is 5.57. The van der Waals surface area contributed by atoms with Crippen LogP contribution < -0.4 is 5.46 Å². The summed E-state index contributed by atoms with van der Waals surface area (Å²) in [6.45, 7) is 0. The molecular weight excluding hydrogens is 247 g/mol. The van der Waals surface area contributed by atoms with Crippen molar-refractivity contribution in [2.75, 3.05) is 0 Å². The van der Waals surface area contributed by atoms with E-state index in [0.717, 1.165) is 10.5 Å². The maximum Gasteiger partial charge on any atom is 0.488 e. The van der Waals surface area contributed by atoms with E-state index in [4.69, 9.17) is 10.0 Å². The number of benzene rings is 2. The summed E-state index contributed by atoms with van der Waals surface area (Å²) in [4.78, 5) is 0.906. The monoisotopic (exact) mass is 261 g/mol. The van der Waals surface area contributed by atoms with Crippen LogP contribution in [0.4, 0.5) is 0 Å². The van der Waals surface area contributed by atoms with Crippen molar-refractivity contribution in [3.63, 3.8) is 0 Å². The third kappa shape index (κ3) is 3.37. The SMILES string of the molecule is OB(O)c1ccc(C[S+](O)c2ccccc2)cc1. The molecule has 0 fully saturated rings. The summed E-state index contributed by atoms with van der Waals surface area (Å²) in [6.07, 6.45) is 0. The van der Waals surface area contributed by atoms with Gasteiger partial charge in [0.2, 0.25) is 0 Å². The van der Waals surface area contributed by atoms with Crippen LogP contribution in [0.5, 0.6) is 0 Å². The molecule has 5 heteroatoms. The predicted molar refractivity (Wildman–Crippen MR) is 74.7 cm³/mol. The van der Waals surface area contributed by atoms with E-state index in [-0.39, 0.29) is 0 Å². The highest BCUT2D eigenvalue weighted by Crippen LogP contribution is 2.15. The van der Waals surface area contributed by atoms with Crippen molar-refractivity contribution in [2.45, 2.75) is 10.6 Å². The fourth-order valence-electron chi connectivity index (χ4n) is 1.60. The summed E-state index contributed by atoms with van der Waals surface area (Å²) in [6, 6.07) is 16.4. The van der Waals surface area contributed by atoms with Crippen molar-refractivity contribution in [3.8, 4) is 0 Å². The number of rotatable bonds is 4. The van der Waals surface area contributed by atoms with Gasteiger partial charge in [0.1, 0.15) is 0 Å². The lowest BCUT2D eigenvalue weighted by atomic mass is 9.80. The molecule has 0 saturated carbocycles. The molecule has 0 amide bonds. The van der Waals surface area contributed by atoms with Gasteiger partial charge in [-0.25, -0.2) is 0 Å². The first kappa shape index (κ1) is 13.2. The molecule has 2 aromatic rings. The lowest BCUT2D eigenvalue weighted by Gasteiger charge is -2.02. The molecule has 3 N–H and O–H groups in total. The van der Waals surface area contributed by atoms with E-state index in [1.807, 2.05) is 30.3 Å². The minimum absolute atomic E-state index is 0.455. The summed E-state index contributed by atoms with van der Waals surface area (Å²) >= 11 is -0.827. The fourth-order valence-corrected chi connectivity index (χ4v) is 2.75.